The second-order valence-corrected chi connectivity index (χ2v) is 3.06. The van der Waals surface area contributed by atoms with E-state index in [1.165, 1.54) is 0 Å². The van der Waals surface area contributed by atoms with Crippen molar-refractivity contribution in [2.45, 2.75) is 13.5 Å². The van der Waals surface area contributed by atoms with Crippen LogP contribution in [0.3, 0.4) is 0 Å². The molecule has 0 fully saturated rings. The minimum absolute atomic E-state index is 0.0810. The number of fused-ring (bicyclic) bond motifs is 1. The van der Waals surface area contributed by atoms with Gasteiger partial charge in [-0.3, -0.25) is 14.2 Å². The van der Waals surface area contributed by atoms with Gasteiger partial charge in [0.2, 0.25) is 0 Å². The molecule has 0 radical (unpaired) electrons. The van der Waals surface area contributed by atoms with Crippen LogP contribution in [-0.4, -0.2) is 9.36 Å². The third-order valence-electron chi connectivity index (χ3n) is 2.37. The molecule has 0 aliphatic heterocycles. The Morgan fingerprint density at radius 1 is 1.31 bits per heavy atom. The number of aryl methyl sites for hydroxylation is 1. The molecule has 0 saturated carbocycles. The summed E-state index contributed by atoms with van der Waals surface area (Å²) >= 11 is 0. The summed E-state index contributed by atoms with van der Waals surface area (Å²) < 4.78 is 3.63. The molecular formula is C10H12N2O. The molecule has 68 valence electrons. The van der Waals surface area contributed by atoms with Gasteiger partial charge in [-0.2, -0.15) is 0 Å². The van der Waals surface area contributed by atoms with Crippen molar-refractivity contribution < 1.29 is 0 Å². The van der Waals surface area contributed by atoms with E-state index in [1.54, 1.807) is 11.7 Å². The maximum absolute atomic E-state index is 11.7. The van der Waals surface area contributed by atoms with Gasteiger partial charge in [0, 0.05) is 13.6 Å². The molecule has 1 aromatic carbocycles. The van der Waals surface area contributed by atoms with E-state index in [0.29, 0.717) is 0 Å². The first-order valence-corrected chi connectivity index (χ1v) is 4.40. The van der Waals surface area contributed by atoms with Crippen LogP contribution < -0.4 is 5.56 Å². The highest BCUT2D eigenvalue weighted by Gasteiger charge is 2.06. The maximum Gasteiger partial charge on any atom is 0.274 e. The Balaban J connectivity index is 2.98. The quantitative estimate of drug-likeness (QED) is 0.644. The van der Waals surface area contributed by atoms with Crippen LogP contribution in [0.2, 0.25) is 0 Å². The summed E-state index contributed by atoms with van der Waals surface area (Å²) in [5.74, 6) is 0. The molecule has 13 heavy (non-hydrogen) atoms. The van der Waals surface area contributed by atoms with Crippen molar-refractivity contribution in [1.29, 1.82) is 0 Å². The largest absolute Gasteiger partial charge is 0.282 e. The van der Waals surface area contributed by atoms with Gasteiger partial charge in [0.25, 0.3) is 5.56 Å². The average molecular weight is 176 g/mol. The van der Waals surface area contributed by atoms with Gasteiger partial charge in [0.15, 0.2) is 0 Å². The number of benzene rings is 1. The Labute approximate surface area is 76.2 Å². The van der Waals surface area contributed by atoms with Crippen molar-refractivity contribution in [3.05, 3.63) is 34.6 Å². The van der Waals surface area contributed by atoms with E-state index in [0.717, 1.165) is 17.4 Å². The van der Waals surface area contributed by atoms with Crippen LogP contribution in [0.25, 0.3) is 10.9 Å². The summed E-state index contributed by atoms with van der Waals surface area (Å²) in [6.07, 6.45) is 0. The Morgan fingerprint density at radius 2 is 2.00 bits per heavy atom. The highest BCUT2D eigenvalue weighted by Crippen LogP contribution is 2.09. The fourth-order valence-electron chi connectivity index (χ4n) is 1.71. The number of para-hydroxylation sites is 1. The lowest BCUT2D eigenvalue weighted by Crippen LogP contribution is -2.18. The van der Waals surface area contributed by atoms with Crippen molar-refractivity contribution in [3.63, 3.8) is 0 Å². The summed E-state index contributed by atoms with van der Waals surface area (Å²) in [5.41, 5.74) is 1.09. The van der Waals surface area contributed by atoms with Gasteiger partial charge in [0.05, 0.1) is 10.9 Å². The molecule has 1 heterocycles. The SMILES string of the molecule is CCn1c2ccccc2c(=O)n1C. The zero-order valence-electron chi connectivity index (χ0n) is 7.82. The summed E-state index contributed by atoms with van der Waals surface area (Å²) in [5, 5.41) is 0.798. The third kappa shape index (κ3) is 1.00. The molecule has 0 atom stereocenters. The van der Waals surface area contributed by atoms with E-state index in [2.05, 4.69) is 0 Å². The van der Waals surface area contributed by atoms with Crippen LogP contribution >= 0.6 is 0 Å². The number of hydrogen-bond acceptors (Lipinski definition) is 1. The smallest absolute Gasteiger partial charge is 0.274 e. The molecule has 0 bridgehead atoms. The van der Waals surface area contributed by atoms with Crippen LogP contribution in [0.4, 0.5) is 0 Å². The third-order valence-corrected chi connectivity index (χ3v) is 2.37. The number of aromatic nitrogens is 2. The summed E-state index contributed by atoms with van der Waals surface area (Å²) in [6.45, 7) is 2.85. The minimum atomic E-state index is 0.0810. The van der Waals surface area contributed by atoms with E-state index in [-0.39, 0.29) is 5.56 Å². The molecule has 0 unspecified atom stereocenters. The average Bonchev–Trinajstić information content (AvgIpc) is 2.41. The standard InChI is InChI=1S/C10H12N2O/c1-3-12-9-7-5-4-6-8(9)10(13)11(12)2/h4-7H,3H2,1-2H3. The normalized spacial score (nSPS) is 10.9. The van der Waals surface area contributed by atoms with Gasteiger partial charge < -0.3 is 0 Å². The summed E-state index contributed by atoms with van der Waals surface area (Å²) in [4.78, 5) is 11.7. The zero-order valence-corrected chi connectivity index (χ0v) is 7.82. The molecule has 3 heteroatoms. The lowest BCUT2D eigenvalue weighted by molar-refractivity contribution is 0.539. The van der Waals surface area contributed by atoms with Crippen LogP contribution in [0.1, 0.15) is 6.92 Å². The molecule has 0 N–H and O–H groups in total. The number of hydrogen-bond donors (Lipinski definition) is 0. The Hall–Kier alpha value is -1.51. The van der Waals surface area contributed by atoms with Crippen LogP contribution in [0.5, 0.6) is 0 Å². The Bertz CT molecular complexity index is 493. The van der Waals surface area contributed by atoms with E-state index < -0.39 is 0 Å². The molecule has 0 spiro atoms. The molecule has 3 nitrogen and oxygen atoms in total. The predicted octanol–water partition coefficient (Wildman–Crippen LogP) is 1.36. The van der Waals surface area contributed by atoms with E-state index in [9.17, 15) is 4.79 Å². The van der Waals surface area contributed by atoms with Gasteiger partial charge in [-0.25, -0.2) is 0 Å². The molecule has 0 aliphatic carbocycles. The van der Waals surface area contributed by atoms with Gasteiger partial charge >= 0.3 is 0 Å². The lowest BCUT2D eigenvalue weighted by Gasteiger charge is -2.03. The molecule has 1 aromatic heterocycles. The first-order valence-electron chi connectivity index (χ1n) is 4.40. The topological polar surface area (TPSA) is 26.9 Å². The zero-order chi connectivity index (χ0) is 9.42. The van der Waals surface area contributed by atoms with E-state index in [4.69, 9.17) is 0 Å². The molecule has 0 aliphatic rings. The van der Waals surface area contributed by atoms with Gasteiger partial charge in [0.1, 0.15) is 0 Å². The highest BCUT2D eigenvalue weighted by molar-refractivity contribution is 5.78. The molecule has 0 amide bonds. The highest BCUT2D eigenvalue weighted by atomic mass is 16.1. The van der Waals surface area contributed by atoms with Gasteiger partial charge in [-0.15, -0.1) is 0 Å². The van der Waals surface area contributed by atoms with E-state index >= 15 is 0 Å². The number of nitrogens with zero attached hydrogens (tertiary/aromatic N) is 2. The van der Waals surface area contributed by atoms with Crippen molar-refractivity contribution in [1.82, 2.24) is 9.36 Å². The second-order valence-electron chi connectivity index (χ2n) is 3.06. The van der Waals surface area contributed by atoms with Crippen molar-refractivity contribution in [2.24, 2.45) is 7.05 Å². The second kappa shape index (κ2) is 2.76. The van der Waals surface area contributed by atoms with Crippen molar-refractivity contribution in [2.75, 3.05) is 0 Å². The van der Waals surface area contributed by atoms with Gasteiger partial charge in [-0.1, -0.05) is 12.1 Å². The monoisotopic (exact) mass is 176 g/mol. The van der Waals surface area contributed by atoms with Crippen LogP contribution in [0, 0.1) is 0 Å². The van der Waals surface area contributed by atoms with Crippen LogP contribution in [-0.2, 0) is 13.6 Å². The molecule has 0 saturated heterocycles. The predicted molar refractivity (Wildman–Crippen MR) is 52.9 cm³/mol. The molecular weight excluding hydrogens is 164 g/mol. The molecule has 2 rings (SSSR count). The summed E-state index contributed by atoms with van der Waals surface area (Å²) in [7, 11) is 1.80. The van der Waals surface area contributed by atoms with Gasteiger partial charge in [-0.05, 0) is 19.1 Å². The Morgan fingerprint density at radius 3 is 2.69 bits per heavy atom. The fourth-order valence-corrected chi connectivity index (χ4v) is 1.71. The maximum atomic E-state index is 11.7. The first kappa shape index (κ1) is 8.10. The molecule has 2 aromatic rings. The van der Waals surface area contributed by atoms with Crippen molar-refractivity contribution in [3.8, 4) is 0 Å². The fraction of sp³-hybridized carbons (Fsp3) is 0.300. The lowest BCUT2D eigenvalue weighted by atomic mass is 10.2. The summed E-state index contributed by atoms with van der Waals surface area (Å²) in [6, 6.07) is 7.68. The number of rotatable bonds is 1. The first-order chi connectivity index (χ1) is 6.25. The Kier molecular flexibility index (Phi) is 1.72. The minimum Gasteiger partial charge on any atom is -0.282 e. The van der Waals surface area contributed by atoms with Crippen LogP contribution in [0.15, 0.2) is 29.1 Å². The van der Waals surface area contributed by atoms with Crippen molar-refractivity contribution >= 4 is 10.9 Å². The van der Waals surface area contributed by atoms with E-state index in [1.807, 2.05) is 35.9 Å².